The van der Waals surface area contributed by atoms with Crippen LogP contribution < -0.4 is 0 Å². The van der Waals surface area contributed by atoms with Gasteiger partial charge in [0.1, 0.15) is 6.34 Å². The summed E-state index contributed by atoms with van der Waals surface area (Å²) in [6, 6.07) is 0. The van der Waals surface area contributed by atoms with Crippen LogP contribution in [0.3, 0.4) is 0 Å². The maximum atomic E-state index is 4.99. The lowest BCUT2D eigenvalue weighted by molar-refractivity contribution is 0.0991. The third-order valence-corrected chi connectivity index (χ3v) is 3.99. The molecule has 2 unspecified atom stereocenters. The molecule has 21 heavy (non-hydrogen) atoms. The summed E-state index contributed by atoms with van der Waals surface area (Å²) in [6.45, 7) is 19.9. The highest BCUT2D eigenvalue weighted by molar-refractivity contribution is 6.15. The summed E-state index contributed by atoms with van der Waals surface area (Å²) in [5.74, 6) is 0.189. The highest BCUT2D eigenvalue weighted by Crippen LogP contribution is 2.41. The van der Waals surface area contributed by atoms with Crippen molar-refractivity contribution in [2.45, 2.75) is 74.0 Å². The molecular formula is C17H30N4. The number of nitrogens with zero attached hydrogens (tertiary/aromatic N) is 4. The molecule has 0 saturated heterocycles. The lowest BCUT2D eigenvalue weighted by atomic mass is 9.72. The standard InChI is InChI=1S/C17H30N4/c1-15(2,3)12-11-13(16(4,5)6)20-21(17(7,8)9)14(11)19-10-18-12/h10-11,14H,1-9H3. The Morgan fingerprint density at radius 2 is 1.38 bits per heavy atom. The first-order valence-corrected chi connectivity index (χ1v) is 7.81. The Kier molecular flexibility index (Phi) is 3.59. The van der Waals surface area contributed by atoms with Crippen LogP contribution in [0, 0.1) is 16.7 Å². The molecule has 2 atom stereocenters. The molecule has 2 rings (SSSR count). The maximum absolute atomic E-state index is 4.99. The summed E-state index contributed by atoms with van der Waals surface area (Å²) < 4.78 is 0. The lowest BCUT2D eigenvalue weighted by Crippen LogP contribution is -2.49. The van der Waals surface area contributed by atoms with Gasteiger partial charge in [0.15, 0.2) is 6.17 Å². The van der Waals surface area contributed by atoms with Gasteiger partial charge in [-0.1, -0.05) is 41.5 Å². The molecule has 118 valence electrons. The summed E-state index contributed by atoms with van der Waals surface area (Å²) in [5, 5.41) is 7.16. The van der Waals surface area contributed by atoms with E-state index in [0.717, 1.165) is 0 Å². The zero-order chi connectivity index (χ0) is 16.2. The number of aliphatic imine (C=N–C) groups is 2. The molecule has 0 bridgehead atoms. The van der Waals surface area contributed by atoms with E-state index in [1.807, 2.05) is 0 Å². The van der Waals surface area contributed by atoms with E-state index in [2.05, 4.69) is 77.3 Å². The monoisotopic (exact) mass is 290 g/mol. The summed E-state index contributed by atoms with van der Waals surface area (Å²) >= 11 is 0. The lowest BCUT2D eigenvalue weighted by Gasteiger charge is -2.39. The largest absolute Gasteiger partial charge is 0.266 e. The van der Waals surface area contributed by atoms with Gasteiger partial charge in [-0.25, -0.2) is 9.98 Å². The Labute approximate surface area is 129 Å². The SMILES string of the molecule is CC(C)(C)C1=NC=NC2C1C(C(C)(C)C)=NN2C(C)(C)C. The van der Waals surface area contributed by atoms with Crippen LogP contribution in [-0.2, 0) is 0 Å². The second-order valence-electron chi connectivity index (χ2n) is 9.17. The first kappa shape index (κ1) is 16.2. The predicted octanol–water partition coefficient (Wildman–Crippen LogP) is 3.97. The van der Waals surface area contributed by atoms with E-state index in [1.54, 1.807) is 6.34 Å². The van der Waals surface area contributed by atoms with Crippen molar-refractivity contribution < 1.29 is 0 Å². The third-order valence-electron chi connectivity index (χ3n) is 3.99. The molecule has 0 aliphatic carbocycles. The van der Waals surface area contributed by atoms with Gasteiger partial charge in [-0.2, -0.15) is 5.10 Å². The van der Waals surface area contributed by atoms with E-state index in [-0.39, 0.29) is 28.5 Å². The Bertz CT molecular complexity index is 506. The molecule has 2 aliphatic rings. The molecule has 0 amide bonds. The Hall–Kier alpha value is -1.19. The molecule has 0 aromatic rings. The van der Waals surface area contributed by atoms with Gasteiger partial charge in [0.2, 0.25) is 0 Å². The van der Waals surface area contributed by atoms with Crippen molar-refractivity contribution in [3.8, 4) is 0 Å². The van der Waals surface area contributed by atoms with Gasteiger partial charge >= 0.3 is 0 Å². The van der Waals surface area contributed by atoms with Gasteiger partial charge in [0.25, 0.3) is 0 Å². The van der Waals surface area contributed by atoms with E-state index < -0.39 is 0 Å². The van der Waals surface area contributed by atoms with Crippen LogP contribution in [0.4, 0.5) is 0 Å². The van der Waals surface area contributed by atoms with Crippen molar-refractivity contribution in [2.24, 2.45) is 31.8 Å². The minimum atomic E-state index is -0.0480. The molecule has 0 radical (unpaired) electrons. The van der Waals surface area contributed by atoms with Crippen LogP contribution in [-0.4, -0.2) is 34.5 Å². The molecule has 0 saturated carbocycles. The summed E-state index contributed by atoms with van der Waals surface area (Å²) in [5.41, 5.74) is 2.39. The maximum Gasteiger partial charge on any atom is 0.152 e. The van der Waals surface area contributed by atoms with Crippen molar-refractivity contribution in [3.63, 3.8) is 0 Å². The Morgan fingerprint density at radius 3 is 1.81 bits per heavy atom. The molecule has 0 aromatic carbocycles. The number of hydrazone groups is 1. The summed E-state index contributed by atoms with van der Waals surface area (Å²) in [4.78, 5) is 9.31. The van der Waals surface area contributed by atoms with Crippen molar-refractivity contribution in [2.75, 3.05) is 0 Å². The average Bonchev–Trinajstić information content (AvgIpc) is 2.65. The molecule has 4 nitrogen and oxygen atoms in total. The predicted molar refractivity (Wildman–Crippen MR) is 91.1 cm³/mol. The van der Waals surface area contributed by atoms with Crippen molar-refractivity contribution >= 4 is 17.8 Å². The average molecular weight is 290 g/mol. The zero-order valence-electron chi connectivity index (χ0n) is 15.0. The van der Waals surface area contributed by atoms with Gasteiger partial charge in [0.05, 0.1) is 17.2 Å². The Balaban J connectivity index is 2.54. The van der Waals surface area contributed by atoms with Gasteiger partial charge in [0, 0.05) is 16.5 Å². The van der Waals surface area contributed by atoms with Crippen LogP contribution in [0.15, 0.2) is 15.1 Å². The summed E-state index contributed by atoms with van der Waals surface area (Å²) in [7, 11) is 0. The zero-order valence-corrected chi connectivity index (χ0v) is 15.0. The van der Waals surface area contributed by atoms with Crippen molar-refractivity contribution in [3.05, 3.63) is 0 Å². The first-order chi connectivity index (χ1) is 9.33. The van der Waals surface area contributed by atoms with Crippen molar-refractivity contribution in [1.29, 1.82) is 0 Å². The quantitative estimate of drug-likeness (QED) is 0.665. The van der Waals surface area contributed by atoms with E-state index in [1.165, 1.54) is 11.4 Å². The Morgan fingerprint density at radius 1 is 0.857 bits per heavy atom. The molecule has 0 N–H and O–H groups in total. The van der Waals surface area contributed by atoms with E-state index in [9.17, 15) is 0 Å². The molecule has 2 aliphatic heterocycles. The fraction of sp³-hybridized carbons (Fsp3) is 0.824. The van der Waals surface area contributed by atoms with Crippen molar-refractivity contribution in [1.82, 2.24) is 5.01 Å². The van der Waals surface area contributed by atoms with E-state index in [0.29, 0.717) is 0 Å². The fourth-order valence-corrected chi connectivity index (χ4v) is 3.01. The van der Waals surface area contributed by atoms with E-state index in [4.69, 9.17) is 5.10 Å². The van der Waals surface area contributed by atoms with Crippen LogP contribution in [0.5, 0.6) is 0 Å². The van der Waals surface area contributed by atoms with Gasteiger partial charge in [-0.05, 0) is 20.8 Å². The summed E-state index contributed by atoms with van der Waals surface area (Å²) in [6.07, 6.45) is 1.77. The van der Waals surface area contributed by atoms with Gasteiger partial charge in [-0.15, -0.1) is 0 Å². The topological polar surface area (TPSA) is 40.3 Å². The van der Waals surface area contributed by atoms with Crippen LogP contribution in [0.25, 0.3) is 0 Å². The number of hydrogen-bond acceptors (Lipinski definition) is 4. The first-order valence-electron chi connectivity index (χ1n) is 7.81. The number of rotatable bonds is 0. The van der Waals surface area contributed by atoms with Gasteiger partial charge in [-0.3, -0.25) is 5.01 Å². The molecule has 0 aromatic heterocycles. The number of fused-ring (bicyclic) bond motifs is 1. The fourth-order valence-electron chi connectivity index (χ4n) is 3.01. The molecule has 0 spiro atoms. The number of hydrogen-bond donors (Lipinski definition) is 0. The highest BCUT2D eigenvalue weighted by atomic mass is 15.6. The van der Waals surface area contributed by atoms with Crippen LogP contribution in [0.2, 0.25) is 0 Å². The molecule has 4 heteroatoms. The molecular weight excluding hydrogens is 260 g/mol. The highest BCUT2D eigenvalue weighted by Gasteiger charge is 2.50. The van der Waals surface area contributed by atoms with Crippen LogP contribution >= 0.6 is 0 Å². The molecule has 2 heterocycles. The van der Waals surface area contributed by atoms with E-state index >= 15 is 0 Å². The molecule has 0 fully saturated rings. The second kappa shape index (κ2) is 4.65. The third kappa shape index (κ3) is 2.90. The normalized spacial score (nSPS) is 26.6. The minimum Gasteiger partial charge on any atom is -0.266 e. The second-order valence-corrected chi connectivity index (χ2v) is 9.17. The smallest absolute Gasteiger partial charge is 0.152 e. The van der Waals surface area contributed by atoms with Crippen LogP contribution in [0.1, 0.15) is 62.3 Å². The minimum absolute atomic E-state index is 0.0157. The van der Waals surface area contributed by atoms with Gasteiger partial charge < -0.3 is 0 Å².